The molecule has 3 heteroatoms. The minimum absolute atomic E-state index is 0.784. The van der Waals surface area contributed by atoms with Crippen LogP contribution in [0.15, 0.2) is 162 Å². The minimum atomic E-state index is 0.784. The number of furan rings is 1. The Bertz CT molecular complexity index is 2490. The van der Waals surface area contributed by atoms with Crippen LogP contribution < -0.4 is 4.90 Å². The highest BCUT2D eigenvalue weighted by atomic mass is 16.3. The third-order valence-corrected chi connectivity index (χ3v) is 8.71. The van der Waals surface area contributed by atoms with Crippen LogP contribution in [-0.4, -0.2) is 4.98 Å². The van der Waals surface area contributed by atoms with Crippen molar-refractivity contribution in [2.45, 2.75) is 0 Å². The Labute approximate surface area is 254 Å². The van der Waals surface area contributed by atoms with Gasteiger partial charge in [0.1, 0.15) is 0 Å². The fourth-order valence-electron chi connectivity index (χ4n) is 6.72. The molecular weight excluding hydrogens is 536 g/mol. The summed E-state index contributed by atoms with van der Waals surface area (Å²) in [5.74, 6) is 0. The Morgan fingerprint density at radius 2 is 1.14 bits per heavy atom. The summed E-state index contributed by atoms with van der Waals surface area (Å²) in [6, 6.07) is 51.9. The van der Waals surface area contributed by atoms with Crippen molar-refractivity contribution < 1.29 is 4.42 Å². The molecule has 0 fully saturated rings. The highest BCUT2D eigenvalue weighted by Crippen LogP contribution is 2.45. The molecule has 0 unspecified atom stereocenters. The number of fused-ring (bicyclic) bond motifs is 8. The number of hydrogen-bond acceptors (Lipinski definition) is 3. The van der Waals surface area contributed by atoms with E-state index in [1.165, 1.54) is 38.1 Å². The summed E-state index contributed by atoms with van der Waals surface area (Å²) in [6.07, 6.45) is 3.65. The molecule has 0 spiro atoms. The molecule has 2 aromatic heterocycles. The van der Waals surface area contributed by atoms with Gasteiger partial charge in [0, 0.05) is 28.3 Å². The molecule has 206 valence electrons. The van der Waals surface area contributed by atoms with Crippen molar-refractivity contribution in [3.63, 3.8) is 0 Å². The summed E-state index contributed by atoms with van der Waals surface area (Å²) in [7, 11) is 0. The van der Waals surface area contributed by atoms with Crippen LogP contribution in [0.1, 0.15) is 0 Å². The second-order valence-corrected chi connectivity index (χ2v) is 11.2. The number of anilines is 3. The number of nitrogens with zero attached hydrogens (tertiary/aromatic N) is 2. The summed E-state index contributed by atoms with van der Waals surface area (Å²) >= 11 is 0. The van der Waals surface area contributed by atoms with Gasteiger partial charge in [-0.25, -0.2) is 0 Å². The van der Waals surface area contributed by atoms with E-state index in [0.29, 0.717) is 0 Å². The van der Waals surface area contributed by atoms with Crippen molar-refractivity contribution in [2.75, 3.05) is 4.90 Å². The number of benzene rings is 7. The third kappa shape index (κ3) is 3.80. The zero-order valence-corrected chi connectivity index (χ0v) is 23.8. The van der Waals surface area contributed by atoms with Crippen LogP contribution in [0.4, 0.5) is 17.1 Å². The van der Waals surface area contributed by atoms with Gasteiger partial charge in [-0.2, -0.15) is 0 Å². The first-order valence-electron chi connectivity index (χ1n) is 14.9. The van der Waals surface area contributed by atoms with Gasteiger partial charge in [-0.1, -0.05) is 103 Å². The standard InChI is InChI=1S/C41H26N2O/c1-2-12-30(13-3-1)43(38-25-29-11-5-7-15-33(29)40-36-22-23-42-26-39(36)44-41(38)40)31-20-18-27(19-21-31)37-24-28-10-4-6-14-32(28)34-16-8-9-17-35(34)37/h1-26H. The number of pyridine rings is 1. The van der Waals surface area contributed by atoms with Gasteiger partial charge in [0.05, 0.1) is 11.9 Å². The quantitative estimate of drug-likeness (QED) is 0.200. The van der Waals surface area contributed by atoms with Crippen molar-refractivity contribution in [1.29, 1.82) is 0 Å². The van der Waals surface area contributed by atoms with E-state index in [2.05, 4.69) is 149 Å². The first kappa shape index (κ1) is 24.6. The SMILES string of the molecule is c1ccc(N(c2ccc(-c3cc4ccccc4c4ccccc34)cc2)c2cc3ccccc3c3c2oc2cnccc23)cc1. The lowest BCUT2D eigenvalue weighted by Crippen LogP contribution is -2.10. The third-order valence-electron chi connectivity index (χ3n) is 8.71. The molecule has 0 aliphatic heterocycles. The number of aromatic nitrogens is 1. The van der Waals surface area contributed by atoms with E-state index < -0.39 is 0 Å². The van der Waals surface area contributed by atoms with Gasteiger partial charge in [-0.3, -0.25) is 4.98 Å². The van der Waals surface area contributed by atoms with Gasteiger partial charge in [-0.15, -0.1) is 0 Å². The van der Waals surface area contributed by atoms with Gasteiger partial charge in [-0.05, 0) is 85.9 Å². The lowest BCUT2D eigenvalue weighted by atomic mass is 9.93. The Morgan fingerprint density at radius 3 is 1.93 bits per heavy atom. The van der Waals surface area contributed by atoms with Crippen molar-refractivity contribution in [2.24, 2.45) is 0 Å². The first-order chi connectivity index (χ1) is 21.8. The number of rotatable bonds is 4. The van der Waals surface area contributed by atoms with Crippen LogP contribution in [0, 0.1) is 0 Å². The molecule has 0 radical (unpaired) electrons. The normalized spacial score (nSPS) is 11.6. The van der Waals surface area contributed by atoms with Crippen molar-refractivity contribution >= 4 is 71.3 Å². The summed E-state index contributed by atoms with van der Waals surface area (Å²) < 4.78 is 6.59. The van der Waals surface area contributed by atoms with Crippen molar-refractivity contribution in [3.05, 3.63) is 158 Å². The van der Waals surface area contributed by atoms with Crippen LogP contribution >= 0.6 is 0 Å². The van der Waals surface area contributed by atoms with E-state index in [0.717, 1.165) is 44.4 Å². The molecule has 9 aromatic rings. The second-order valence-electron chi connectivity index (χ2n) is 11.2. The van der Waals surface area contributed by atoms with Crippen LogP contribution in [0.2, 0.25) is 0 Å². The maximum atomic E-state index is 6.59. The van der Waals surface area contributed by atoms with Gasteiger partial charge >= 0.3 is 0 Å². The smallest absolute Gasteiger partial charge is 0.160 e. The second kappa shape index (κ2) is 9.82. The summed E-state index contributed by atoms with van der Waals surface area (Å²) in [5.41, 5.74) is 7.15. The van der Waals surface area contributed by atoms with E-state index in [-0.39, 0.29) is 0 Å². The molecular formula is C41H26N2O. The zero-order chi connectivity index (χ0) is 29.0. The Balaban J connectivity index is 1.27. The Morgan fingerprint density at radius 1 is 0.500 bits per heavy atom. The fourth-order valence-corrected chi connectivity index (χ4v) is 6.72. The van der Waals surface area contributed by atoms with E-state index >= 15 is 0 Å². The van der Waals surface area contributed by atoms with E-state index in [1.807, 2.05) is 18.5 Å². The highest BCUT2D eigenvalue weighted by Gasteiger charge is 2.22. The zero-order valence-electron chi connectivity index (χ0n) is 23.8. The number of hydrogen-bond donors (Lipinski definition) is 0. The fraction of sp³-hybridized carbons (Fsp3) is 0. The van der Waals surface area contributed by atoms with Crippen LogP contribution in [0.5, 0.6) is 0 Å². The Hall–Kier alpha value is -5.93. The molecule has 0 saturated carbocycles. The van der Waals surface area contributed by atoms with Gasteiger partial charge in [0.25, 0.3) is 0 Å². The molecule has 44 heavy (non-hydrogen) atoms. The highest BCUT2D eigenvalue weighted by molar-refractivity contribution is 6.23. The topological polar surface area (TPSA) is 29.3 Å². The van der Waals surface area contributed by atoms with Gasteiger partial charge in [0.15, 0.2) is 11.2 Å². The molecule has 0 atom stereocenters. The molecule has 0 saturated heterocycles. The molecule has 0 aliphatic rings. The predicted molar refractivity (Wildman–Crippen MR) is 184 cm³/mol. The largest absolute Gasteiger partial charge is 0.452 e. The summed E-state index contributed by atoms with van der Waals surface area (Å²) in [5, 5.41) is 9.56. The Kier molecular flexibility index (Phi) is 5.50. The predicted octanol–water partition coefficient (Wildman–Crippen LogP) is 11.6. The first-order valence-corrected chi connectivity index (χ1v) is 14.9. The average Bonchev–Trinajstić information content (AvgIpc) is 3.49. The van der Waals surface area contributed by atoms with Crippen LogP contribution in [0.3, 0.4) is 0 Å². The maximum Gasteiger partial charge on any atom is 0.160 e. The molecule has 0 amide bonds. The molecule has 0 N–H and O–H groups in total. The molecule has 9 rings (SSSR count). The maximum absolute atomic E-state index is 6.59. The lowest BCUT2D eigenvalue weighted by molar-refractivity contribution is 0.667. The monoisotopic (exact) mass is 562 g/mol. The molecule has 2 heterocycles. The van der Waals surface area contributed by atoms with Gasteiger partial charge in [0.2, 0.25) is 0 Å². The summed E-state index contributed by atoms with van der Waals surface area (Å²) in [4.78, 5) is 6.65. The van der Waals surface area contributed by atoms with Gasteiger partial charge < -0.3 is 9.32 Å². The average molecular weight is 563 g/mol. The van der Waals surface area contributed by atoms with Crippen LogP contribution in [-0.2, 0) is 0 Å². The van der Waals surface area contributed by atoms with Crippen molar-refractivity contribution in [1.82, 2.24) is 4.98 Å². The lowest BCUT2D eigenvalue weighted by Gasteiger charge is -2.26. The molecule has 0 bridgehead atoms. The minimum Gasteiger partial charge on any atom is -0.452 e. The molecule has 7 aromatic carbocycles. The van der Waals surface area contributed by atoms with E-state index in [4.69, 9.17) is 4.42 Å². The van der Waals surface area contributed by atoms with Crippen molar-refractivity contribution in [3.8, 4) is 11.1 Å². The van der Waals surface area contributed by atoms with Crippen LogP contribution in [0.25, 0.3) is 65.4 Å². The molecule has 0 aliphatic carbocycles. The van der Waals surface area contributed by atoms with E-state index in [1.54, 1.807) is 0 Å². The van der Waals surface area contributed by atoms with E-state index in [9.17, 15) is 0 Å². The molecule has 3 nitrogen and oxygen atoms in total. The summed E-state index contributed by atoms with van der Waals surface area (Å²) in [6.45, 7) is 0. The number of para-hydroxylation sites is 1.